The molecule has 3 nitrogen and oxygen atoms in total. The summed E-state index contributed by atoms with van der Waals surface area (Å²) in [6.07, 6.45) is 8.22. The lowest BCUT2D eigenvalue weighted by atomic mass is 10.0. The number of hydrogen-bond donors (Lipinski definition) is 0. The molecular formula is C13H24O3S. The number of unbranched alkanes of at least 4 members (excludes halogenated alkanes) is 1. The van der Waals surface area contributed by atoms with Gasteiger partial charge in [0.15, 0.2) is 0 Å². The number of methoxy groups -OCH3 is 1. The average Bonchev–Trinajstić information content (AvgIpc) is 2.39. The van der Waals surface area contributed by atoms with Crippen molar-refractivity contribution in [3.8, 4) is 0 Å². The summed E-state index contributed by atoms with van der Waals surface area (Å²) in [5.41, 5.74) is 0. The summed E-state index contributed by atoms with van der Waals surface area (Å²) >= 11 is 0. The van der Waals surface area contributed by atoms with Gasteiger partial charge in [0, 0.05) is 16.0 Å². The fraction of sp³-hybridized carbons (Fsp3) is 0.923. The van der Waals surface area contributed by atoms with Gasteiger partial charge < -0.3 is 4.74 Å². The summed E-state index contributed by atoms with van der Waals surface area (Å²) in [5.74, 6) is -0.289. The molecule has 1 fully saturated rings. The predicted molar refractivity (Wildman–Crippen MR) is 70.3 cm³/mol. The molecule has 1 saturated carbocycles. The topological polar surface area (TPSA) is 43.4 Å². The number of esters is 1. The molecule has 2 unspecified atom stereocenters. The first-order valence-corrected chi connectivity index (χ1v) is 7.95. The normalized spacial score (nSPS) is 20.8. The van der Waals surface area contributed by atoms with Crippen LogP contribution >= 0.6 is 0 Å². The van der Waals surface area contributed by atoms with Gasteiger partial charge in [0.05, 0.1) is 7.11 Å². The highest BCUT2D eigenvalue weighted by Crippen LogP contribution is 2.25. The largest absolute Gasteiger partial charge is 0.468 e. The van der Waals surface area contributed by atoms with Crippen molar-refractivity contribution in [1.29, 1.82) is 0 Å². The standard InChI is InChI=1S/C13H24O3S/c1-3-4-10-12(13(14)16-2)17(15)11-8-6-5-7-9-11/h11-12H,3-10H2,1-2H3. The maximum Gasteiger partial charge on any atom is 0.321 e. The van der Waals surface area contributed by atoms with E-state index < -0.39 is 16.0 Å². The second-order valence-electron chi connectivity index (χ2n) is 4.74. The van der Waals surface area contributed by atoms with E-state index in [1.165, 1.54) is 13.5 Å². The molecule has 0 bridgehead atoms. The number of carbonyl (C=O) groups is 1. The molecule has 1 aliphatic carbocycles. The zero-order valence-corrected chi connectivity index (χ0v) is 11.8. The Labute approximate surface area is 107 Å². The number of rotatable bonds is 6. The lowest BCUT2D eigenvalue weighted by Gasteiger charge is -2.24. The Morgan fingerprint density at radius 2 is 2.00 bits per heavy atom. The first-order chi connectivity index (χ1) is 8.20. The molecule has 0 aromatic heterocycles. The van der Waals surface area contributed by atoms with Gasteiger partial charge >= 0.3 is 5.97 Å². The molecule has 100 valence electrons. The van der Waals surface area contributed by atoms with Crippen LogP contribution in [0.4, 0.5) is 0 Å². The van der Waals surface area contributed by atoms with Gasteiger partial charge in [0.25, 0.3) is 0 Å². The molecule has 0 saturated heterocycles. The minimum absolute atomic E-state index is 0.213. The van der Waals surface area contributed by atoms with Crippen LogP contribution < -0.4 is 0 Å². The van der Waals surface area contributed by atoms with Gasteiger partial charge in [0.1, 0.15) is 5.25 Å². The third-order valence-electron chi connectivity index (χ3n) is 3.45. The van der Waals surface area contributed by atoms with Crippen molar-refractivity contribution in [2.24, 2.45) is 0 Å². The average molecular weight is 260 g/mol. The van der Waals surface area contributed by atoms with Gasteiger partial charge in [-0.05, 0) is 19.3 Å². The number of ether oxygens (including phenoxy) is 1. The van der Waals surface area contributed by atoms with Crippen molar-refractivity contribution in [3.05, 3.63) is 0 Å². The monoisotopic (exact) mass is 260 g/mol. The summed E-state index contributed by atoms with van der Waals surface area (Å²) in [6.45, 7) is 2.08. The molecule has 1 aliphatic rings. The molecule has 17 heavy (non-hydrogen) atoms. The van der Waals surface area contributed by atoms with Crippen molar-refractivity contribution < 1.29 is 13.7 Å². The van der Waals surface area contributed by atoms with Crippen LogP contribution in [0.5, 0.6) is 0 Å². The van der Waals surface area contributed by atoms with Crippen LogP contribution in [0, 0.1) is 0 Å². The predicted octanol–water partition coefficient (Wildman–Crippen LogP) is 2.80. The Balaban J connectivity index is 2.60. The Morgan fingerprint density at radius 1 is 1.35 bits per heavy atom. The molecule has 0 amide bonds. The Kier molecular flexibility index (Phi) is 6.78. The Bertz CT molecular complexity index is 259. The molecule has 0 spiro atoms. The molecule has 2 atom stereocenters. The van der Waals surface area contributed by atoms with E-state index in [2.05, 4.69) is 6.92 Å². The highest BCUT2D eigenvalue weighted by atomic mass is 32.2. The fourth-order valence-electron chi connectivity index (χ4n) is 2.38. The van der Waals surface area contributed by atoms with Crippen LogP contribution in [0.15, 0.2) is 0 Å². The lowest BCUT2D eigenvalue weighted by molar-refractivity contribution is -0.140. The van der Waals surface area contributed by atoms with Gasteiger partial charge in [-0.1, -0.05) is 39.0 Å². The number of carbonyl (C=O) groups excluding carboxylic acids is 1. The van der Waals surface area contributed by atoms with Crippen LogP contribution in [-0.4, -0.2) is 27.8 Å². The minimum atomic E-state index is -1.05. The van der Waals surface area contributed by atoms with Crippen molar-refractivity contribution in [3.63, 3.8) is 0 Å². The first-order valence-electron chi connectivity index (χ1n) is 6.68. The van der Waals surface area contributed by atoms with E-state index in [0.29, 0.717) is 6.42 Å². The molecule has 0 aromatic rings. The Hall–Kier alpha value is -0.380. The second kappa shape index (κ2) is 7.85. The zero-order chi connectivity index (χ0) is 12.7. The van der Waals surface area contributed by atoms with Crippen LogP contribution in [0.25, 0.3) is 0 Å². The minimum Gasteiger partial charge on any atom is -0.468 e. The molecule has 0 radical (unpaired) electrons. The van der Waals surface area contributed by atoms with Crippen LogP contribution in [0.3, 0.4) is 0 Å². The van der Waals surface area contributed by atoms with Gasteiger partial charge in [-0.2, -0.15) is 0 Å². The van der Waals surface area contributed by atoms with E-state index in [1.807, 2.05) is 0 Å². The molecule has 0 N–H and O–H groups in total. The van der Waals surface area contributed by atoms with E-state index in [9.17, 15) is 9.00 Å². The smallest absolute Gasteiger partial charge is 0.321 e. The van der Waals surface area contributed by atoms with Gasteiger partial charge in [-0.3, -0.25) is 9.00 Å². The van der Waals surface area contributed by atoms with Crippen molar-refractivity contribution in [2.45, 2.75) is 68.8 Å². The summed E-state index contributed by atoms with van der Waals surface area (Å²) in [4.78, 5) is 11.7. The van der Waals surface area contributed by atoms with E-state index in [4.69, 9.17) is 4.74 Å². The van der Waals surface area contributed by atoms with Crippen molar-refractivity contribution in [1.82, 2.24) is 0 Å². The van der Waals surface area contributed by atoms with Crippen molar-refractivity contribution in [2.75, 3.05) is 7.11 Å². The molecule has 0 heterocycles. The summed E-state index contributed by atoms with van der Waals surface area (Å²) in [6, 6.07) is 0. The maximum atomic E-state index is 12.4. The third-order valence-corrected chi connectivity index (χ3v) is 5.56. The SMILES string of the molecule is CCCCC(C(=O)OC)S(=O)C1CCCCC1. The second-order valence-corrected chi connectivity index (χ2v) is 6.64. The maximum absolute atomic E-state index is 12.4. The molecule has 0 aliphatic heterocycles. The summed E-state index contributed by atoms with van der Waals surface area (Å²) < 4.78 is 17.2. The van der Waals surface area contributed by atoms with Gasteiger partial charge in [-0.25, -0.2) is 0 Å². The molecule has 1 rings (SSSR count). The summed E-state index contributed by atoms with van der Waals surface area (Å²) in [7, 11) is 0.338. The Morgan fingerprint density at radius 3 is 2.53 bits per heavy atom. The first kappa shape index (κ1) is 14.7. The van der Waals surface area contributed by atoms with Crippen LogP contribution in [0.1, 0.15) is 58.3 Å². The van der Waals surface area contributed by atoms with Crippen LogP contribution in [-0.2, 0) is 20.3 Å². The quantitative estimate of drug-likeness (QED) is 0.690. The third kappa shape index (κ3) is 4.41. The van der Waals surface area contributed by atoms with E-state index >= 15 is 0 Å². The van der Waals surface area contributed by atoms with Crippen molar-refractivity contribution >= 4 is 16.8 Å². The van der Waals surface area contributed by atoms with Gasteiger partial charge in [0.2, 0.25) is 0 Å². The fourth-order valence-corrected chi connectivity index (χ4v) is 4.33. The highest BCUT2D eigenvalue weighted by Gasteiger charge is 2.31. The molecular weight excluding hydrogens is 236 g/mol. The zero-order valence-electron chi connectivity index (χ0n) is 10.9. The van der Waals surface area contributed by atoms with Crippen LogP contribution in [0.2, 0.25) is 0 Å². The highest BCUT2D eigenvalue weighted by molar-refractivity contribution is 7.87. The number of hydrogen-bond acceptors (Lipinski definition) is 3. The summed E-state index contributed by atoms with van der Waals surface area (Å²) in [5, 5.41) is -0.187. The molecule has 0 aromatic carbocycles. The van der Waals surface area contributed by atoms with E-state index in [1.54, 1.807) is 0 Å². The van der Waals surface area contributed by atoms with E-state index in [0.717, 1.165) is 38.5 Å². The lowest BCUT2D eigenvalue weighted by Crippen LogP contribution is -2.34. The van der Waals surface area contributed by atoms with Gasteiger partial charge in [-0.15, -0.1) is 0 Å². The van der Waals surface area contributed by atoms with E-state index in [-0.39, 0.29) is 11.2 Å². The molecule has 4 heteroatoms.